The molecular formula is C15H14ClFN4O2. The Kier molecular flexibility index (Phi) is 4.40. The summed E-state index contributed by atoms with van der Waals surface area (Å²) in [6.45, 7) is 0.454. The molecule has 3 N–H and O–H groups in total. The van der Waals surface area contributed by atoms with E-state index in [4.69, 9.17) is 22.1 Å². The van der Waals surface area contributed by atoms with Gasteiger partial charge in [-0.2, -0.15) is 0 Å². The fraction of sp³-hybridized carbons (Fsp3) is 0.267. The molecule has 8 heteroatoms. The SMILES string of the molecule is Nc1nccnc1C(=O)N[C@@H]1CCO[C@H]1c1ccc(Cl)c(F)c1. The summed E-state index contributed by atoms with van der Waals surface area (Å²) in [6, 6.07) is 4.14. The fourth-order valence-electron chi connectivity index (χ4n) is 2.52. The molecule has 1 aliphatic rings. The van der Waals surface area contributed by atoms with Crippen LogP contribution in [0.5, 0.6) is 0 Å². The summed E-state index contributed by atoms with van der Waals surface area (Å²) >= 11 is 5.69. The standard InChI is InChI=1S/C15H14ClFN4O2/c16-9-2-1-8(7-10(9)17)13-11(3-6-23-13)21-15(22)12-14(18)20-5-4-19-12/h1-2,4-5,7,11,13H,3,6H2,(H2,18,20)(H,21,22)/t11-,13+/m1/s1. The minimum atomic E-state index is -0.525. The molecular weight excluding hydrogens is 323 g/mol. The van der Waals surface area contributed by atoms with Crippen LogP contribution in [0.4, 0.5) is 10.2 Å². The van der Waals surface area contributed by atoms with Crippen LogP contribution < -0.4 is 11.1 Å². The normalized spacial score (nSPS) is 20.4. The van der Waals surface area contributed by atoms with Crippen LogP contribution in [-0.4, -0.2) is 28.5 Å². The Labute approximate surface area is 136 Å². The number of carbonyl (C=O) groups excluding carboxylic acids is 1. The van der Waals surface area contributed by atoms with Gasteiger partial charge in [0, 0.05) is 19.0 Å². The van der Waals surface area contributed by atoms with E-state index in [1.165, 1.54) is 24.5 Å². The van der Waals surface area contributed by atoms with Crippen molar-refractivity contribution in [3.63, 3.8) is 0 Å². The number of nitrogens with zero attached hydrogens (tertiary/aromatic N) is 2. The second-order valence-electron chi connectivity index (χ2n) is 5.12. The molecule has 2 aromatic rings. The van der Waals surface area contributed by atoms with E-state index in [9.17, 15) is 9.18 Å². The summed E-state index contributed by atoms with van der Waals surface area (Å²) in [5.74, 6) is -0.911. The average Bonchev–Trinajstić information content (AvgIpc) is 2.98. The molecule has 23 heavy (non-hydrogen) atoms. The van der Waals surface area contributed by atoms with Crippen molar-refractivity contribution in [2.75, 3.05) is 12.3 Å². The highest BCUT2D eigenvalue weighted by Crippen LogP contribution is 2.31. The number of hydrogen-bond donors (Lipinski definition) is 2. The fourth-order valence-corrected chi connectivity index (χ4v) is 2.63. The van der Waals surface area contributed by atoms with Gasteiger partial charge in [-0.1, -0.05) is 17.7 Å². The van der Waals surface area contributed by atoms with E-state index in [0.717, 1.165) is 0 Å². The summed E-state index contributed by atoms with van der Waals surface area (Å²) in [6.07, 6.45) is 2.94. The van der Waals surface area contributed by atoms with Crippen molar-refractivity contribution in [2.45, 2.75) is 18.6 Å². The summed E-state index contributed by atoms with van der Waals surface area (Å²) in [7, 11) is 0. The largest absolute Gasteiger partial charge is 0.382 e. The number of carbonyl (C=O) groups is 1. The zero-order valence-corrected chi connectivity index (χ0v) is 12.8. The second-order valence-corrected chi connectivity index (χ2v) is 5.53. The molecule has 1 aliphatic heterocycles. The number of ether oxygens (including phenoxy) is 1. The number of halogens is 2. The Bertz CT molecular complexity index is 743. The lowest BCUT2D eigenvalue weighted by Gasteiger charge is -2.20. The minimum Gasteiger partial charge on any atom is -0.382 e. The topological polar surface area (TPSA) is 90.1 Å². The Balaban J connectivity index is 1.78. The van der Waals surface area contributed by atoms with Gasteiger partial charge in [-0.3, -0.25) is 4.79 Å². The number of anilines is 1. The number of nitrogens with one attached hydrogen (secondary N) is 1. The van der Waals surface area contributed by atoms with Crippen molar-refractivity contribution in [1.29, 1.82) is 0 Å². The van der Waals surface area contributed by atoms with E-state index in [-0.39, 0.29) is 22.6 Å². The van der Waals surface area contributed by atoms with Crippen molar-refractivity contribution < 1.29 is 13.9 Å². The Morgan fingerprint density at radius 2 is 2.17 bits per heavy atom. The highest BCUT2D eigenvalue weighted by molar-refractivity contribution is 6.30. The van der Waals surface area contributed by atoms with Crippen molar-refractivity contribution in [1.82, 2.24) is 15.3 Å². The highest BCUT2D eigenvalue weighted by Gasteiger charge is 2.32. The second kappa shape index (κ2) is 6.47. The lowest BCUT2D eigenvalue weighted by molar-refractivity contribution is 0.0817. The molecule has 1 aromatic heterocycles. The van der Waals surface area contributed by atoms with E-state index in [1.807, 2.05) is 0 Å². The van der Waals surface area contributed by atoms with Gasteiger partial charge >= 0.3 is 0 Å². The van der Waals surface area contributed by atoms with Gasteiger partial charge in [0.2, 0.25) is 0 Å². The molecule has 6 nitrogen and oxygen atoms in total. The molecule has 3 rings (SSSR count). The van der Waals surface area contributed by atoms with Crippen molar-refractivity contribution >= 4 is 23.3 Å². The van der Waals surface area contributed by atoms with Crippen LogP contribution in [0.15, 0.2) is 30.6 Å². The molecule has 0 unspecified atom stereocenters. The predicted octanol–water partition coefficient (Wildman–Crippen LogP) is 2.11. The van der Waals surface area contributed by atoms with Gasteiger partial charge in [0.25, 0.3) is 5.91 Å². The number of nitrogens with two attached hydrogens (primary N) is 1. The minimum absolute atomic E-state index is 0.0414. The summed E-state index contributed by atoms with van der Waals surface area (Å²) in [4.78, 5) is 20.0. The van der Waals surface area contributed by atoms with Gasteiger partial charge in [0.1, 0.15) is 11.9 Å². The van der Waals surface area contributed by atoms with E-state index >= 15 is 0 Å². The summed E-state index contributed by atoms with van der Waals surface area (Å²) in [5, 5.41) is 2.86. The highest BCUT2D eigenvalue weighted by atomic mass is 35.5. The first-order valence-electron chi connectivity index (χ1n) is 7.00. The van der Waals surface area contributed by atoms with Gasteiger partial charge < -0.3 is 15.8 Å². The smallest absolute Gasteiger partial charge is 0.274 e. The third-order valence-corrected chi connectivity index (χ3v) is 3.93. The predicted molar refractivity (Wildman–Crippen MR) is 82.4 cm³/mol. The Morgan fingerprint density at radius 3 is 2.91 bits per heavy atom. The van der Waals surface area contributed by atoms with Gasteiger partial charge in [0.15, 0.2) is 11.5 Å². The van der Waals surface area contributed by atoms with Crippen molar-refractivity contribution in [3.05, 3.63) is 52.7 Å². The molecule has 1 amide bonds. The van der Waals surface area contributed by atoms with Gasteiger partial charge in [0.05, 0.1) is 11.1 Å². The third-order valence-electron chi connectivity index (χ3n) is 3.62. The summed E-state index contributed by atoms with van der Waals surface area (Å²) < 4.78 is 19.3. The summed E-state index contributed by atoms with van der Waals surface area (Å²) in [5.41, 5.74) is 6.32. The first-order valence-corrected chi connectivity index (χ1v) is 7.38. The van der Waals surface area contributed by atoms with Crippen LogP contribution in [0.25, 0.3) is 0 Å². The average molecular weight is 337 g/mol. The molecule has 0 saturated carbocycles. The Hall–Kier alpha value is -2.25. The van der Waals surface area contributed by atoms with Crippen molar-refractivity contribution in [2.24, 2.45) is 0 Å². The molecule has 1 aromatic carbocycles. The number of aromatic nitrogens is 2. The number of benzene rings is 1. The van der Waals surface area contributed by atoms with Gasteiger partial charge in [-0.25, -0.2) is 14.4 Å². The molecule has 0 radical (unpaired) electrons. The van der Waals surface area contributed by atoms with Gasteiger partial charge in [-0.15, -0.1) is 0 Å². The molecule has 0 aliphatic carbocycles. The molecule has 1 fully saturated rings. The van der Waals surface area contributed by atoms with E-state index < -0.39 is 17.8 Å². The van der Waals surface area contributed by atoms with Crippen LogP contribution in [0.1, 0.15) is 28.6 Å². The number of hydrogen-bond acceptors (Lipinski definition) is 5. The lowest BCUT2D eigenvalue weighted by Crippen LogP contribution is -2.37. The zero-order chi connectivity index (χ0) is 16.4. The van der Waals surface area contributed by atoms with E-state index in [2.05, 4.69) is 15.3 Å². The number of amides is 1. The molecule has 1 saturated heterocycles. The maximum absolute atomic E-state index is 13.6. The molecule has 2 heterocycles. The maximum atomic E-state index is 13.6. The third kappa shape index (κ3) is 3.25. The molecule has 0 bridgehead atoms. The lowest BCUT2D eigenvalue weighted by atomic mass is 10.0. The first-order chi connectivity index (χ1) is 11.1. The van der Waals surface area contributed by atoms with Crippen LogP contribution in [0.3, 0.4) is 0 Å². The first kappa shape index (κ1) is 15.6. The number of rotatable bonds is 3. The monoisotopic (exact) mass is 336 g/mol. The van der Waals surface area contributed by atoms with Crippen LogP contribution in [0.2, 0.25) is 5.02 Å². The van der Waals surface area contributed by atoms with E-state index in [0.29, 0.717) is 18.6 Å². The molecule has 2 atom stereocenters. The zero-order valence-electron chi connectivity index (χ0n) is 12.0. The Morgan fingerprint density at radius 1 is 1.39 bits per heavy atom. The van der Waals surface area contributed by atoms with Gasteiger partial charge in [-0.05, 0) is 24.1 Å². The van der Waals surface area contributed by atoms with E-state index in [1.54, 1.807) is 6.07 Å². The number of nitrogen functional groups attached to an aromatic ring is 1. The van der Waals surface area contributed by atoms with Crippen LogP contribution in [0, 0.1) is 5.82 Å². The maximum Gasteiger partial charge on any atom is 0.274 e. The van der Waals surface area contributed by atoms with Crippen LogP contribution in [-0.2, 0) is 4.74 Å². The van der Waals surface area contributed by atoms with Crippen LogP contribution >= 0.6 is 11.6 Å². The molecule has 0 spiro atoms. The molecule has 120 valence electrons. The quantitative estimate of drug-likeness (QED) is 0.896. The van der Waals surface area contributed by atoms with Crippen molar-refractivity contribution in [3.8, 4) is 0 Å².